The Morgan fingerprint density at radius 3 is 1.62 bits per heavy atom. The number of hydrogen-bond acceptors (Lipinski definition) is 4. The van der Waals surface area contributed by atoms with Gasteiger partial charge >= 0.3 is 5.97 Å². The lowest BCUT2D eigenvalue weighted by atomic mass is 10.0. The minimum absolute atomic E-state index is 0.125. The molecule has 165 valence electrons. The molecule has 0 saturated carbocycles. The normalized spacial score (nSPS) is 22.8. The summed E-state index contributed by atoms with van der Waals surface area (Å²) >= 11 is 0. The first-order chi connectivity index (χ1) is 14.1. The van der Waals surface area contributed by atoms with Crippen molar-refractivity contribution in [3.63, 3.8) is 0 Å². The van der Waals surface area contributed by atoms with Crippen LogP contribution in [0.5, 0.6) is 0 Å². The summed E-state index contributed by atoms with van der Waals surface area (Å²) in [6.45, 7) is -0.125. The number of hydrogen-bond donors (Lipinski definition) is 1. The van der Waals surface area contributed by atoms with Gasteiger partial charge in [0.15, 0.2) is 11.8 Å². The molecule has 1 heterocycles. The van der Waals surface area contributed by atoms with Crippen LogP contribution in [0.4, 0.5) is 0 Å². The van der Waals surface area contributed by atoms with Crippen molar-refractivity contribution < 1.29 is 24.3 Å². The number of amides is 1. The molecule has 0 aromatic heterocycles. The van der Waals surface area contributed by atoms with Gasteiger partial charge in [-0.2, -0.15) is 0 Å². The molecule has 1 rings (SSSR count). The molecule has 0 aromatic rings. The molecule has 1 aliphatic heterocycles. The highest BCUT2D eigenvalue weighted by Gasteiger charge is 2.29. The Morgan fingerprint density at radius 1 is 0.793 bits per heavy atom. The molecule has 1 amide bonds. The van der Waals surface area contributed by atoms with E-state index in [2.05, 4.69) is 0 Å². The third-order valence-corrected chi connectivity index (χ3v) is 5.68. The molecule has 6 nitrogen and oxygen atoms in total. The second-order valence-corrected chi connectivity index (χ2v) is 8.17. The molecule has 0 spiro atoms. The van der Waals surface area contributed by atoms with Crippen LogP contribution in [-0.4, -0.2) is 46.5 Å². The lowest BCUT2D eigenvalue weighted by molar-refractivity contribution is -0.141. The highest BCUT2D eigenvalue weighted by molar-refractivity contribution is 6.00. The number of carbonyl (C=O) groups is 3. The van der Waals surface area contributed by atoms with Crippen LogP contribution >= 0.6 is 0 Å². The number of nitrogens with zero attached hydrogens (tertiary/aromatic N) is 1. The largest absolute Gasteiger partial charge is 0.481 e. The number of ketones is 1. The average Bonchev–Trinajstić information content (AvgIpc) is 2.69. The van der Waals surface area contributed by atoms with Crippen molar-refractivity contribution >= 4 is 23.9 Å². The Labute approximate surface area is 175 Å². The van der Waals surface area contributed by atoms with Gasteiger partial charge < -0.3 is 10.0 Å². The zero-order valence-corrected chi connectivity index (χ0v) is 17.8. The van der Waals surface area contributed by atoms with Crippen molar-refractivity contribution in [1.82, 2.24) is 4.90 Å². The van der Waals surface area contributed by atoms with Crippen LogP contribution in [0.1, 0.15) is 109 Å². The molecule has 1 N–H and O–H groups in total. The van der Waals surface area contributed by atoms with Crippen LogP contribution in [-0.2, 0) is 19.2 Å². The first-order valence-electron chi connectivity index (χ1n) is 11.5. The molecule has 6 heteroatoms. The molecule has 0 aliphatic carbocycles. The highest BCUT2D eigenvalue weighted by atomic mass is 16.4. The minimum Gasteiger partial charge on any atom is -0.481 e. The quantitative estimate of drug-likeness (QED) is 0.687. The second-order valence-electron chi connectivity index (χ2n) is 8.17. The Balaban J connectivity index is 2.68. The maximum Gasteiger partial charge on any atom is 0.305 e. The molecule has 1 atom stereocenters. The predicted octanol–water partition coefficient (Wildman–Crippen LogP) is 4.59. The van der Waals surface area contributed by atoms with Crippen molar-refractivity contribution in [2.45, 2.75) is 115 Å². The van der Waals surface area contributed by atoms with E-state index < -0.39 is 12.0 Å². The number of rotatable bonds is 4. The van der Waals surface area contributed by atoms with Crippen LogP contribution in [0.25, 0.3) is 0 Å². The fourth-order valence-corrected chi connectivity index (χ4v) is 3.89. The number of aliphatic carboxylic acids is 1. The second kappa shape index (κ2) is 16.1. The van der Waals surface area contributed by atoms with Gasteiger partial charge in [-0.3, -0.25) is 19.2 Å². The smallest absolute Gasteiger partial charge is 0.305 e. The van der Waals surface area contributed by atoms with Gasteiger partial charge in [-0.1, -0.05) is 77.0 Å². The van der Waals surface area contributed by atoms with Crippen molar-refractivity contribution in [3.05, 3.63) is 0 Å². The van der Waals surface area contributed by atoms with E-state index in [1.807, 2.05) is 0 Å². The minimum atomic E-state index is -1.27. The third kappa shape index (κ3) is 11.8. The summed E-state index contributed by atoms with van der Waals surface area (Å²) in [6.07, 6.45) is 17.3. The predicted molar refractivity (Wildman–Crippen MR) is 112 cm³/mol. The molecule has 1 radical (unpaired) electrons. The molecule has 0 aromatic carbocycles. The topological polar surface area (TPSA) is 91.8 Å². The van der Waals surface area contributed by atoms with Crippen molar-refractivity contribution in [3.8, 4) is 0 Å². The van der Waals surface area contributed by atoms with E-state index in [-0.39, 0.29) is 37.5 Å². The van der Waals surface area contributed by atoms with E-state index in [1.165, 1.54) is 51.4 Å². The number of carboxylic acids is 1. The monoisotopic (exact) mass is 408 g/mol. The summed E-state index contributed by atoms with van der Waals surface area (Å²) < 4.78 is 0. The summed E-state index contributed by atoms with van der Waals surface area (Å²) in [6, 6.07) is -1.27. The van der Waals surface area contributed by atoms with Crippen LogP contribution in [0, 0.1) is 0 Å². The van der Waals surface area contributed by atoms with Crippen LogP contribution in [0.2, 0.25) is 0 Å². The molecule has 1 saturated heterocycles. The van der Waals surface area contributed by atoms with E-state index in [4.69, 9.17) is 5.11 Å². The SMILES string of the molecule is O=[C]C1C(=O)CCCCCCCCCCCCCCCCC(=O)N1CCC(=O)O. The Bertz CT molecular complexity index is 505. The number of carbonyl (C=O) groups excluding carboxylic acids is 3. The molecular formula is C23H38NO5. The Hall–Kier alpha value is -1.72. The molecule has 1 fully saturated rings. The molecular weight excluding hydrogens is 370 g/mol. The van der Waals surface area contributed by atoms with E-state index in [9.17, 15) is 19.2 Å². The van der Waals surface area contributed by atoms with Gasteiger partial charge in [0.05, 0.1) is 6.42 Å². The van der Waals surface area contributed by atoms with Gasteiger partial charge in [-0.05, 0) is 12.8 Å². The van der Waals surface area contributed by atoms with Crippen molar-refractivity contribution in [2.75, 3.05) is 6.54 Å². The van der Waals surface area contributed by atoms with E-state index in [0.29, 0.717) is 12.8 Å². The first kappa shape index (κ1) is 25.3. The summed E-state index contributed by atoms with van der Waals surface area (Å²) in [5.41, 5.74) is 0. The fraction of sp³-hybridized carbons (Fsp3) is 0.826. The summed E-state index contributed by atoms with van der Waals surface area (Å²) in [4.78, 5) is 48.7. The lowest BCUT2D eigenvalue weighted by Gasteiger charge is -2.26. The van der Waals surface area contributed by atoms with Gasteiger partial charge in [0.2, 0.25) is 12.2 Å². The molecule has 29 heavy (non-hydrogen) atoms. The Kier molecular flexibility index (Phi) is 14.1. The first-order valence-corrected chi connectivity index (χ1v) is 11.5. The number of carboxylic acid groups (broad SMARTS) is 1. The summed E-state index contributed by atoms with van der Waals surface area (Å²) in [5, 5.41) is 8.96. The fourth-order valence-electron chi connectivity index (χ4n) is 3.89. The van der Waals surface area contributed by atoms with Gasteiger partial charge in [-0.15, -0.1) is 0 Å². The standard InChI is InChI=1S/C23H38NO5/c25-19-20-21(26)15-13-11-9-7-5-3-1-2-4-6-8-10-12-14-16-22(27)24(20)18-17-23(28)29/h20H,1-18H2,(H,28,29). The number of Topliss-reactive ketones (excluding diaryl/α,β-unsaturated/α-hetero) is 1. The van der Waals surface area contributed by atoms with E-state index >= 15 is 0 Å². The van der Waals surface area contributed by atoms with Gasteiger partial charge in [-0.25, -0.2) is 0 Å². The van der Waals surface area contributed by atoms with Crippen molar-refractivity contribution in [2.24, 2.45) is 0 Å². The maximum absolute atomic E-state index is 12.6. The van der Waals surface area contributed by atoms with Gasteiger partial charge in [0.1, 0.15) is 0 Å². The highest BCUT2D eigenvalue weighted by Crippen LogP contribution is 2.16. The van der Waals surface area contributed by atoms with Crippen LogP contribution in [0.3, 0.4) is 0 Å². The van der Waals surface area contributed by atoms with Gasteiger partial charge in [0.25, 0.3) is 0 Å². The van der Waals surface area contributed by atoms with Gasteiger partial charge in [0, 0.05) is 19.4 Å². The molecule has 1 aliphatic rings. The Morgan fingerprint density at radius 2 is 1.21 bits per heavy atom. The third-order valence-electron chi connectivity index (χ3n) is 5.68. The molecule has 1 unspecified atom stereocenters. The maximum atomic E-state index is 12.6. The molecule has 0 bridgehead atoms. The van der Waals surface area contributed by atoms with E-state index in [1.54, 1.807) is 6.29 Å². The lowest BCUT2D eigenvalue weighted by Crippen LogP contribution is -2.47. The van der Waals surface area contributed by atoms with Crippen molar-refractivity contribution in [1.29, 1.82) is 0 Å². The van der Waals surface area contributed by atoms with Crippen LogP contribution in [0.15, 0.2) is 0 Å². The average molecular weight is 409 g/mol. The zero-order valence-electron chi connectivity index (χ0n) is 17.8. The van der Waals surface area contributed by atoms with E-state index in [0.717, 1.165) is 30.6 Å². The van der Waals surface area contributed by atoms with Crippen LogP contribution < -0.4 is 0 Å². The summed E-state index contributed by atoms with van der Waals surface area (Å²) in [7, 11) is 0. The summed E-state index contributed by atoms with van der Waals surface area (Å²) in [5.74, 6) is -1.70. The zero-order chi connectivity index (χ0) is 21.3.